The quantitative estimate of drug-likeness (QED) is 0.743. The molecule has 0 aromatic heterocycles. The van der Waals surface area contributed by atoms with E-state index in [0.29, 0.717) is 6.42 Å². The van der Waals surface area contributed by atoms with Gasteiger partial charge in [-0.15, -0.1) is 0 Å². The van der Waals surface area contributed by atoms with Crippen LogP contribution in [0.5, 0.6) is 0 Å². The topological polar surface area (TPSA) is 43.1 Å². The molecule has 0 unspecified atom stereocenters. The van der Waals surface area contributed by atoms with Crippen LogP contribution in [-0.2, 0) is 16.6 Å². The van der Waals surface area contributed by atoms with Crippen LogP contribution in [0, 0.1) is 0 Å². The SMILES string of the molecule is CC(C)(C(N)=O)c1ccc(CCCCCF)cc1. The molecule has 0 spiro atoms. The fourth-order valence-corrected chi connectivity index (χ4v) is 1.83. The zero-order valence-electron chi connectivity index (χ0n) is 11.2. The van der Waals surface area contributed by atoms with Crippen molar-refractivity contribution in [2.24, 2.45) is 5.73 Å². The van der Waals surface area contributed by atoms with Crippen molar-refractivity contribution in [1.82, 2.24) is 0 Å². The Kier molecular flexibility index (Phi) is 5.32. The van der Waals surface area contributed by atoms with Gasteiger partial charge in [0.05, 0.1) is 12.1 Å². The highest BCUT2D eigenvalue weighted by atomic mass is 19.1. The molecule has 0 saturated carbocycles. The molecule has 18 heavy (non-hydrogen) atoms. The number of nitrogens with two attached hydrogens (primary N) is 1. The van der Waals surface area contributed by atoms with Gasteiger partial charge in [-0.3, -0.25) is 9.18 Å². The van der Waals surface area contributed by atoms with Gasteiger partial charge in [-0.05, 0) is 44.2 Å². The average molecular weight is 251 g/mol. The molecule has 0 fully saturated rings. The predicted molar refractivity (Wildman–Crippen MR) is 72.2 cm³/mol. The zero-order valence-corrected chi connectivity index (χ0v) is 11.2. The Labute approximate surface area is 108 Å². The van der Waals surface area contributed by atoms with Crippen molar-refractivity contribution in [1.29, 1.82) is 0 Å². The summed E-state index contributed by atoms with van der Waals surface area (Å²) in [4.78, 5) is 11.3. The van der Waals surface area contributed by atoms with Gasteiger partial charge >= 0.3 is 0 Å². The number of carbonyl (C=O) groups is 1. The molecule has 1 rings (SSSR count). The molecule has 2 N–H and O–H groups in total. The van der Waals surface area contributed by atoms with E-state index in [4.69, 9.17) is 5.73 Å². The molecule has 100 valence electrons. The second-order valence-electron chi connectivity index (χ2n) is 5.19. The molecule has 0 heterocycles. The van der Waals surface area contributed by atoms with Crippen LogP contribution in [0.2, 0.25) is 0 Å². The van der Waals surface area contributed by atoms with Gasteiger partial charge < -0.3 is 5.73 Å². The smallest absolute Gasteiger partial charge is 0.227 e. The number of primary amides is 1. The maximum Gasteiger partial charge on any atom is 0.227 e. The van der Waals surface area contributed by atoms with Gasteiger partial charge in [0.1, 0.15) is 0 Å². The summed E-state index contributed by atoms with van der Waals surface area (Å²) in [6.45, 7) is 3.42. The third-order valence-corrected chi connectivity index (χ3v) is 3.39. The molecular weight excluding hydrogens is 229 g/mol. The van der Waals surface area contributed by atoms with E-state index in [0.717, 1.165) is 24.8 Å². The fourth-order valence-electron chi connectivity index (χ4n) is 1.83. The van der Waals surface area contributed by atoms with E-state index in [1.165, 1.54) is 5.56 Å². The lowest BCUT2D eigenvalue weighted by Crippen LogP contribution is -2.35. The number of aryl methyl sites for hydroxylation is 1. The van der Waals surface area contributed by atoms with Crippen molar-refractivity contribution >= 4 is 5.91 Å². The first kappa shape index (κ1) is 14.7. The summed E-state index contributed by atoms with van der Waals surface area (Å²) in [7, 11) is 0. The first-order valence-corrected chi connectivity index (χ1v) is 6.43. The van der Waals surface area contributed by atoms with Crippen LogP contribution in [0.3, 0.4) is 0 Å². The highest BCUT2D eigenvalue weighted by Crippen LogP contribution is 2.23. The van der Waals surface area contributed by atoms with Crippen LogP contribution in [-0.4, -0.2) is 12.6 Å². The maximum atomic E-state index is 11.9. The molecule has 1 aromatic rings. The monoisotopic (exact) mass is 251 g/mol. The Balaban J connectivity index is 2.60. The van der Waals surface area contributed by atoms with Gasteiger partial charge in [0, 0.05) is 0 Å². The van der Waals surface area contributed by atoms with Crippen molar-refractivity contribution in [3.8, 4) is 0 Å². The number of hydrogen-bond donors (Lipinski definition) is 1. The summed E-state index contributed by atoms with van der Waals surface area (Å²) >= 11 is 0. The van der Waals surface area contributed by atoms with E-state index in [9.17, 15) is 9.18 Å². The number of hydrogen-bond acceptors (Lipinski definition) is 1. The second kappa shape index (κ2) is 6.53. The Morgan fingerprint density at radius 3 is 2.28 bits per heavy atom. The van der Waals surface area contributed by atoms with E-state index >= 15 is 0 Å². The minimum Gasteiger partial charge on any atom is -0.369 e. The van der Waals surface area contributed by atoms with Crippen LogP contribution in [0.15, 0.2) is 24.3 Å². The number of amides is 1. The fraction of sp³-hybridized carbons (Fsp3) is 0.533. The van der Waals surface area contributed by atoms with Crippen molar-refractivity contribution in [3.63, 3.8) is 0 Å². The highest BCUT2D eigenvalue weighted by Gasteiger charge is 2.26. The lowest BCUT2D eigenvalue weighted by Gasteiger charge is -2.21. The normalized spacial score (nSPS) is 11.5. The molecule has 3 heteroatoms. The molecule has 0 saturated heterocycles. The molecule has 0 radical (unpaired) electrons. The molecule has 0 aliphatic heterocycles. The van der Waals surface area contributed by atoms with E-state index in [2.05, 4.69) is 0 Å². The Morgan fingerprint density at radius 2 is 1.78 bits per heavy atom. The van der Waals surface area contributed by atoms with Gasteiger partial charge in [0.25, 0.3) is 0 Å². The lowest BCUT2D eigenvalue weighted by atomic mass is 9.83. The van der Waals surface area contributed by atoms with Gasteiger partial charge in [0.15, 0.2) is 0 Å². The lowest BCUT2D eigenvalue weighted by molar-refractivity contribution is -0.122. The van der Waals surface area contributed by atoms with Gasteiger partial charge in [-0.25, -0.2) is 0 Å². The number of unbranched alkanes of at least 4 members (excludes halogenated alkanes) is 2. The molecule has 1 amide bonds. The Morgan fingerprint density at radius 1 is 1.17 bits per heavy atom. The van der Waals surface area contributed by atoms with Crippen molar-refractivity contribution in [2.75, 3.05) is 6.67 Å². The van der Waals surface area contributed by atoms with Gasteiger partial charge in [-0.2, -0.15) is 0 Å². The Bertz CT molecular complexity index is 384. The minimum absolute atomic E-state index is 0.230. The largest absolute Gasteiger partial charge is 0.369 e. The van der Waals surface area contributed by atoms with E-state index in [1.807, 2.05) is 38.1 Å². The van der Waals surface area contributed by atoms with Crippen LogP contribution >= 0.6 is 0 Å². The first-order valence-electron chi connectivity index (χ1n) is 6.43. The van der Waals surface area contributed by atoms with E-state index in [-0.39, 0.29) is 12.6 Å². The van der Waals surface area contributed by atoms with Crippen molar-refractivity contribution < 1.29 is 9.18 Å². The van der Waals surface area contributed by atoms with Crippen LogP contribution in [0.25, 0.3) is 0 Å². The third-order valence-electron chi connectivity index (χ3n) is 3.39. The van der Waals surface area contributed by atoms with Crippen LogP contribution in [0.1, 0.15) is 44.2 Å². The maximum absolute atomic E-state index is 11.9. The predicted octanol–water partition coefficient (Wildman–Crippen LogP) is 3.13. The number of benzene rings is 1. The summed E-state index contributed by atoms with van der Waals surface area (Å²) in [6, 6.07) is 7.95. The number of alkyl halides is 1. The molecule has 2 nitrogen and oxygen atoms in total. The van der Waals surface area contributed by atoms with Crippen molar-refractivity contribution in [3.05, 3.63) is 35.4 Å². The summed E-state index contributed by atoms with van der Waals surface area (Å²) < 4.78 is 11.9. The average Bonchev–Trinajstić information content (AvgIpc) is 2.35. The van der Waals surface area contributed by atoms with Gasteiger partial charge in [0.2, 0.25) is 5.91 Å². The molecule has 1 aromatic carbocycles. The standard InChI is InChI=1S/C15H22FNO/c1-15(2,14(17)18)13-9-7-12(8-10-13)6-4-3-5-11-16/h7-10H,3-6,11H2,1-2H3,(H2,17,18). The minimum atomic E-state index is -0.632. The summed E-state index contributed by atoms with van der Waals surface area (Å²) in [5.41, 5.74) is 6.90. The third kappa shape index (κ3) is 3.83. The van der Waals surface area contributed by atoms with Gasteiger partial charge in [-0.1, -0.05) is 30.7 Å². The number of rotatable bonds is 7. The number of halogens is 1. The summed E-state index contributed by atoms with van der Waals surface area (Å²) in [5, 5.41) is 0. The first-order chi connectivity index (χ1) is 8.48. The van der Waals surface area contributed by atoms with Crippen LogP contribution < -0.4 is 5.73 Å². The number of carbonyl (C=O) groups excluding carboxylic acids is 1. The van der Waals surface area contributed by atoms with E-state index in [1.54, 1.807) is 0 Å². The highest BCUT2D eigenvalue weighted by molar-refractivity contribution is 5.85. The van der Waals surface area contributed by atoms with Crippen LogP contribution in [0.4, 0.5) is 4.39 Å². The van der Waals surface area contributed by atoms with E-state index < -0.39 is 5.41 Å². The Hall–Kier alpha value is -1.38. The summed E-state index contributed by atoms with van der Waals surface area (Å²) in [5.74, 6) is -0.321. The van der Waals surface area contributed by atoms with Crippen molar-refractivity contribution in [2.45, 2.75) is 44.9 Å². The molecule has 0 bridgehead atoms. The second-order valence-corrected chi connectivity index (χ2v) is 5.19. The molecule has 0 aliphatic rings. The molecule has 0 aliphatic carbocycles. The molecular formula is C15H22FNO. The zero-order chi connectivity index (χ0) is 13.6. The molecule has 0 atom stereocenters. The summed E-state index contributed by atoms with van der Waals surface area (Å²) in [6.07, 6.45) is 3.53.